The second-order valence-electron chi connectivity index (χ2n) is 6.31. The van der Waals surface area contributed by atoms with Crippen LogP contribution in [0.1, 0.15) is 21.5 Å². The van der Waals surface area contributed by atoms with Gasteiger partial charge in [-0.3, -0.25) is 14.7 Å². The zero-order chi connectivity index (χ0) is 20.1. The molecule has 148 valence electrons. The molecule has 0 atom stereocenters. The first kappa shape index (κ1) is 20.1. The zero-order valence-electron chi connectivity index (χ0n) is 16.5. The molecule has 0 unspecified atom stereocenters. The summed E-state index contributed by atoms with van der Waals surface area (Å²) in [6, 6.07) is 11.7. The van der Waals surface area contributed by atoms with Gasteiger partial charge in [0.05, 0.1) is 27.9 Å². The van der Waals surface area contributed by atoms with Crippen LogP contribution >= 0.6 is 11.8 Å². The second kappa shape index (κ2) is 9.01. The van der Waals surface area contributed by atoms with Crippen molar-refractivity contribution in [1.29, 1.82) is 0 Å². The van der Waals surface area contributed by atoms with Gasteiger partial charge in [0.25, 0.3) is 5.91 Å². The highest BCUT2D eigenvalue weighted by Gasteiger charge is 2.27. The minimum Gasteiger partial charge on any atom is -0.493 e. The van der Waals surface area contributed by atoms with Crippen molar-refractivity contribution in [1.82, 2.24) is 4.90 Å². The number of aliphatic imine (C=N–C) groups is 1. The molecule has 0 N–H and O–H groups in total. The van der Waals surface area contributed by atoms with Gasteiger partial charge in [-0.1, -0.05) is 41.6 Å². The molecule has 7 heteroatoms. The Morgan fingerprint density at radius 1 is 1.11 bits per heavy atom. The summed E-state index contributed by atoms with van der Waals surface area (Å²) in [5, 5.41) is 0.736. The first-order valence-corrected chi connectivity index (χ1v) is 9.90. The van der Waals surface area contributed by atoms with E-state index in [4.69, 9.17) is 14.2 Å². The Morgan fingerprint density at radius 3 is 2.43 bits per heavy atom. The van der Waals surface area contributed by atoms with Crippen molar-refractivity contribution in [2.45, 2.75) is 12.7 Å². The van der Waals surface area contributed by atoms with Gasteiger partial charge in [0, 0.05) is 17.9 Å². The third-order valence-electron chi connectivity index (χ3n) is 4.41. The molecule has 2 aromatic rings. The fourth-order valence-electron chi connectivity index (χ4n) is 3.05. The van der Waals surface area contributed by atoms with E-state index in [-0.39, 0.29) is 5.91 Å². The van der Waals surface area contributed by atoms with E-state index in [1.807, 2.05) is 6.07 Å². The van der Waals surface area contributed by atoms with Gasteiger partial charge in [0.15, 0.2) is 16.7 Å². The molecule has 0 saturated heterocycles. The fraction of sp³-hybridized carbons (Fsp3) is 0.333. The molecule has 1 aliphatic heterocycles. The molecule has 0 spiro atoms. The summed E-state index contributed by atoms with van der Waals surface area (Å²) in [6.45, 7) is 3.24. The highest BCUT2D eigenvalue weighted by Crippen LogP contribution is 2.38. The summed E-state index contributed by atoms with van der Waals surface area (Å²) >= 11 is 1.57. The lowest BCUT2D eigenvalue weighted by Gasteiger charge is -2.20. The molecule has 1 aliphatic rings. The number of methoxy groups -OCH3 is 3. The maximum absolute atomic E-state index is 13.1. The predicted octanol–water partition coefficient (Wildman–Crippen LogP) is 3.77. The molecular formula is C21H24N2O4S. The summed E-state index contributed by atoms with van der Waals surface area (Å²) in [7, 11) is 4.60. The number of ether oxygens (including phenoxy) is 3. The number of hydrogen-bond acceptors (Lipinski definition) is 6. The number of benzene rings is 2. The minimum atomic E-state index is -0.132. The van der Waals surface area contributed by atoms with Crippen molar-refractivity contribution < 1.29 is 19.0 Å². The van der Waals surface area contributed by atoms with Crippen LogP contribution in [0.15, 0.2) is 41.4 Å². The number of hydrogen-bond donors (Lipinski definition) is 0. The maximum Gasteiger partial charge on any atom is 0.260 e. The van der Waals surface area contributed by atoms with Crippen molar-refractivity contribution in [2.75, 3.05) is 34.4 Å². The van der Waals surface area contributed by atoms with Crippen LogP contribution in [-0.4, -0.2) is 50.4 Å². The topological polar surface area (TPSA) is 60.4 Å². The average Bonchev–Trinajstić information content (AvgIpc) is 3.19. The Balaban J connectivity index is 1.79. The molecule has 28 heavy (non-hydrogen) atoms. The number of thioether (sulfide) groups is 1. The van der Waals surface area contributed by atoms with Gasteiger partial charge in [-0.25, -0.2) is 0 Å². The molecule has 0 radical (unpaired) electrons. The first-order valence-electron chi connectivity index (χ1n) is 8.92. The highest BCUT2D eigenvalue weighted by molar-refractivity contribution is 8.13. The minimum absolute atomic E-state index is 0.132. The summed E-state index contributed by atoms with van der Waals surface area (Å²) in [4.78, 5) is 19.4. The largest absolute Gasteiger partial charge is 0.493 e. The van der Waals surface area contributed by atoms with Crippen LogP contribution in [0.3, 0.4) is 0 Å². The standard InChI is InChI=1S/C21H24N2O4S/c1-14-6-5-7-15(10-14)13-28-21-22-8-9-23(21)20(24)16-11-17(25-2)19(27-4)18(12-16)26-3/h5-7,10-12H,8-9,13H2,1-4H3. The summed E-state index contributed by atoms with van der Waals surface area (Å²) < 4.78 is 16.1. The molecule has 0 bridgehead atoms. The Kier molecular flexibility index (Phi) is 6.46. The Labute approximate surface area is 169 Å². The van der Waals surface area contributed by atoms with E-state index < -0.39 is 0 Å². The molecule has 6 nitrogen and oxygen atoms in total. The number of rotatable bonds is 6. The van der Waals surface area contributed by atoms with E-state index >= 15 is 0 Å². The molecule has 0 fully saturated rings. The van der Waals surface area contributed by atoms with E-state index in [9.17, 15) is 4.79 Å². The Morgan fingerprint density at radius 2 is 1.82 bits per heavy atom. The normalized spacial score (nSPS) is 13.3. The van der Waals surface area contributed by atoms with Crippen LogP contribution in [-0.2, 0) is 5.75 Å². The molecule has 0 aromatic heterocycles. The molecule has 0 saturated carbocycles. The molecule has 3 rings (SSSR count). The van der Waals surface area contributed by atoms with Crippen LogP contribution in [0.2, 0.25) is 0 Å². The third kappa shape index (κ3) is 4.25. The quantitative estimate of drug-likeness (QED) is 0.739. The fourth-order valence-corrected chi connectivity index (χ4v) is 4.04. The molecule has 2 aromatic carbocycles. The van der Waals surface area contributed by atoms with E-state index in [1.165, 1.54) is 32.5 Å². The summed E-state index contributed by atoms with van der Waals surface area (Å²) in [5.74, 6) is 2.00. The van der Waals surface area contributed by atoms with Gasteiger partial charge in [0.1, 0.15) is 0 Å². The molecule has 1 amide bonds. The number of amides is 1. The van der Waals surface area contributed by atoms with E-state index in [0.717, 1.165) is 10.9 Å². The first-order chi connectivity index (χ1) is 13.6. The van der Waals surface area contributed by atoms with Crippen molar-refractivity contribution in [3.63, 3.8) is 0 Å². The number of carbonyl (C=O) groups excluding carboxylic acids is 1. The van der Waals surface area contributed by atoms with Gasteiger partial charge >= 0.3 is 0 Å². The smallest absolute Gasteiger partial charge is 0.260 e. The molecule has 1 heterocycles. The molecule has 0 aliphatic carbocycles. The highest BCUT2D eigenvalue weighted by atomic mass is 32.2. The number of aryl methyl sites for hydroxylation is 1. The van der Waals surface area contributed by atoms with Gasteiger partial charge < -0.3 is 14.2 Å². The molecular weight excluding hydrogens is 376 g/mol. The van der Waals surface area contributed by atoms with Crippen LogP contribution in [0.25, 0.3) is 0 Å². The number of nitrogens with zero attached hydrogens (tertiary/aromatic N) is 2. The SMILES string of the molecule is COc1cc(C(=O)N2CCN=C2SCc2cccc(C)c2)cc(OC)c1OC. The lowest BCUT2D eigenvalue weighted by Crippen LogP contribution is -2.32. The van der Waals surface area contributed by atoms with E-state index in [2.05, 4.69) is 30.1 Å². The predicted molar refractivity (Wildman–Crippen MR) is 112 cm³/mol. The van der Waals surface area contributed by atoms with E-state index in [1.54, 1.807) is 28.8 Å². The van der Waals surface area contributed by atoms with Crippen LogP contribution in [0.4, 0.5) is 0 Å². The van der Waals surface area contributed by atoms with Crippen molar-refractivity contribution in [3.8, 4) is 17.2 Å². The lowest BCUT2D eigenvalue weighted by molar-refractivity contribution is 0.0860. The van der Waals surface area contributed by atoms with Crippen molar-refractivity contribution in [2.24, 2.45) is 4.99 Å². The maximum atomic E-state index is 13.1. The summed E-state index contributed by atoms with van der Waals surface area (Å²) in [5.41, 5.74) is 2.90. The van der Waals surface area contributed by atoms with Gasteiger partial charge in [-0.05, 0) is 24.6 Å². The third-order valence-corrected chi connectivity index (χ3v) is 5.49. The summed E-state index contributed by atoms with van der Waals surface area (Å²) in [6.07, 6.45) is 0. The second-order valence-corrected chi connectivity index (χ2v) is 7.26. The van der Waals surface area contributed by atoms with Gasteiger partial charge in [-0.15, -0.1) is 0 Å². The van der Waals surface area contributed by atoms with E-state index in [0.29, 0.717) is 35.9 Å². The van der Waals surface area contributed by atoms with Crippen LogP contribution in [0.5, 0.6) is 17.2 Å². The number of carbonyl (C=O) groups is 1. The van der Waals surface area contributed by atoms with Crippen LogP contribution < -0.4 is 14.2 Å². The van der Waals surface area contributed by atoms with Crippen LogP contribution in [0, 0.1) is 6.92 Å². The van der Waals surface area contributed by atoms with Gasteiger partial charge in [0.2, 0.25) is 5.75 Å². The lowest BCUT2D eigenvalue weighted by atomic mass is 10.1. The van der Waals surface area contributed by atoms with Crippen molar-refractivity contribution in [3.05, 3.63) is 53.1 Å². The average molecular weight is 401 g/mol. The monoisotopic (exact) mass is 400 g/mol. The number of amidine groups is 1. The van der Waals surface area contributed by atoms with Gasteiger partial charge in [-0.2, -0.15) is 0 Å². The zero-order valence-corrected chi connectivity index (χ0v) is 17.3. The van der Waals surface area contributed by atoms with Crippen molar-refractivity contribution >= 4 is 22.8 Å². The Bertz CT molecular complexity index is 873. The Hall–Kier alpha value is -2.67.